The van der Waals surface area contributed by atoms with Gasteiger partial charge in [0.15, 0.2) is 0 Å². The predicted molar refractivity (Wildman–Crippen MR) is 68.3 cm³/mol. The third-order valence-electron chi connectivity index (χ3n) is 2.87. The minimum atomic E-state index is -3.17. The third-order valence-corrected chi connectivity index (χ3v) is 5.00. The number of nitrogens with zero attached hydrogens (tertiary/aromatic N) is 1. The number of piperidine rings is 1. The second-order valence-corrected chi connectivity index (χ2v) is 6.85. The summed E-state index contributed by atoms with van der Waals surface area (Å²) in [5.74, 6) is 0.517. The minimum Gasteiger partial charge on any atom is -0.317 e. The van der Waals surface area contributed by atoms with Crippen molar-refractivity contribution < 1.29 is 8.42 Å². The van der Waals surface area contributed by atoms with Crippen molar-refractivity contribution in [2.75, 3.05) is 18.8 Å². The molecule has 0 spiro atoms. The molecule has 5 nitrogen and oxygen atoms in total. The number of aromatic nitrogens is 1. The molecule has 96 valence electrons. The summed E-state index contributed by atoms with van der Waals surface area (Å²) in [5.41, 5.74) is 2.49. The highest BCUT2D eigenvalue weighted by Gasteiger charge is 2.20. The summed E-state index contributed by atoms with van der Waals surface area (Å²) in [6.07, 6.45) is 1.88. The molecule has 7 heteroatoms. The first kappa shape index (κ1) is 12.9. The standard InChI is InChI=1S/C10H17N3O2S2/c14-17(15,7-9-1-3-11-4-2-9)13-5-10-6-16-8-12-10/h6,8-9,11,13H,1-5,7H2. The first-order valence-corrected chi connectivity index (χ1v) is 8.30. The summed E-state index contributed by atoms with van der Waals surface area (Å²) in [7, 11) is -3.17. The zero-order valence-electron chi connectivity index (χ0n) is 9.55. The van der Waals surface area contributed by atoms with E-state index in [0.29, 0.717) is 6.54 Å². The molecule has 1 aromatic rings. The maximum Gasteiger partial charge on any atom is 0.212 e. The highest BCUT2D eigenvalue weighted by Crippen LogP contribution is 2.13. The van der Waals surface area contributed by atoms with Gasteiger partial charge in [-0.05, 0) is 31.8 Å². The maximum absolute atomic E-state index is 11.8. The fraction of sp³-hybridized carbons (Fsp3) is 0.700. The molecule has 2 rings (SSSR count). The van der Waals surface area contributed by atoms with Crippen LogP contribution in [-0.4, -0.2) is 32.2 Å². The Morgan fingerprint density at radius 1 is 1.47 bits per heavy atom. The Labute approximate surface area is 106 Å². The van der Waals surface area contributed by atoms with Crippen molar-refractivity contribution in [1.82, 2.24) is 15.0 Å². The fourth-order valence-corrected chi connectivity index (χ4v) is 3.92. The van der Waals surface area contributed by atoms with E-state index in [1.165, 1.54) is 11.3 Å². The van der Waals surface area contributed by atoms with Crippen LogP contribution in [0.15, 0.2) is 10.9 Å². The summed E-state index contributed by atoms with van der Waals surface area (Å²) < 4.78 is 26.3. The van der Waals surface area contributed by atoms with E-state index in [1.807, 2.05) is 5.38 Å². The van der Waals surface area contributed by atoms with Crippen LogP contribution in [0.4, 0.5) is 0 Å². The van der Waals surface area contributed by atoms with E-state index in [9.17, 15) is 8.42 Å². The van der Waals surface area contributed by atoms with Gasteiger partial charge in [-0.25, -0.2) is 18.1 Å². The van der Waals surface area contributed by atoms with E-state index >= 15 is 0 Å². The number of sulfonamides is 1. The Morgan fingerprint density at radius 2 is 2.24 bits per heavy atom. The number of hydrogen-bond acceptors (Lipinski definition) is 5. The largest absolute Gasteiger partial charge is 0.317 e. The Bertz CT molecular complexity index is 424. The second kappa shape index (κ2) is 5.90. The molecule has 1 fully saturated rings. The van der Waals surface area contributed by atoms with E-state index in [1.54, 1.807) is 5.51 Å². The molecule has 0 atom stereocenters. The normalized spacial score (nSPS) is 18.4. The van der Waals surface area contributed by atoms with Crippen LogP contribution in [0.5, 0.6) is 0 Å². The number of rotatable bonds is 5. The highest BCUT2D eigenvalue weighted by molar-refractivity contribution is 7.89. The first-order valence-electron chi connectivity index (χ1n) is 5.71. The summed E-state index contributed by atoms with van der Waals surface area (Å²) in [6, 6.07) is 0. The van der Waals surface area contributed by atoms with Gasteiger partial charge in [0.05, 0.1) is 23.5 Å². The second-order valence-electron chi connectivity index (χ2n) is 4.28. The van der Waals surface area contributed by atoms with Gasteiger partial charge < -0.3 is 5.32 Å². The maximum atomic E-state index is 11.8. The summed E-state index contributed by atoms with van der Waals surface area (Å²) in [4.78, 5) is 4.05. The Kier molecular flexibility index (Phi) is 4.49. The van der Waals surface area contributed by atoms with Gasteiger partial charge in [-0.1, -0.05) is 0 Å². The van der Waals surface area contributed by atoms with Gasteiger partial charge in [-0.15, -0.1) is 11.3 Å². The summed E-state index contributed by atoms with van der Waals surface area (Å²) in [6.45, 7) is 2.15. The van der Waals surface area contributed by atoms with E-state index < -0.39 is 10.0 Å². The molecule has 2 N–H and O–H groups in total. The Hall–Kier alpha value is -0.500. The van der Waals surface area contributed by atoms with E-state index in [0.717, 1.165) is 31.6 Å². The molecule has 0 aromatic carbocycles. The van der Waals surface area contributed by atoms with Gasteiger partial charge in [0.2, 0.25) is 10.0 Å². The van der Waals surface area contributed by atoms with Crippen LogP contribution in [0, 0.1) is 5.92 Å². The Balaban J connectivity index is 1.81. The molecular weight excluding hydrogens is 258 g/mol. The van der Waals surface area contributed by atoms with Crippen molar-refractivity contribution in [2.45, 2.75) is 19.4 Å². The lowest BCUT2D eigenvalue weighted by molar-refractivity contribution is 0.400. The van der Waals surface area contributed by atoms with Gasteiger partial charge in [0.25, 0.3) is 0 Å². The lowest BCUT2D eigenvalue weighted by Gasteiger charge is -2.22. The van der Waals surface area contributed by atoms with Gasteiger partial charge in [-0.3, -0.25) is 0 Å². The molecule has 1 saturated heterocycles. The van der Waals surface area contributed by atoms with Gasteiger partial charge in [0.1, 0.15) is 0 Å². The van der Waals surface area contributed by atoms with Crippen LogP contribution in [0.2, 0.25) is 0 Å². The lowest BCUT2D eigenvalue weighted by atomic mass is 10.0. The molecule has 1 aromatic heterocycles. The zero-order valence-corrected chi connectivity index (χ0v) is 11.2. The van der Waals surface area contributed by atoms with E-state index in [4.69, 9.17) is 0 Å². The summed E-state index contributed by atoms with van der Waals surface area (Å²) in [5, 5.41) is 5.09. The number of hydrogen-bond donors (Lipinski definition) is 2. The topological polar surface area (TPSA) is 71.1 Å². The highest BCUT2D eigenvalue weighted by atomic mass is 32.2. The zero-order chi connectivity index (χ0) is 12.1. The van der Waals surface area contributed by atoms with E-state index in [-0.39, 0.29) is 11.7 Å². The van der Waals surface area contributed by atoms with E-state index in [2.05, 4.69) is 15.0 Å². The average molecular weight is 275 g/mol. The van der Waals surface area contributed by atoms with Gasteiger partial charge in [0, 0.05) is 5.38 Å². The van der Waals surface area contributed by atoms with Crippen LogP contribution in [0.1, 0.15) is 18.5 Å². The molecule has 0 radical (unpaired) electrons. The van der Waals surface area contributed by atoms with Crippen molar-refractivity contribution in [3.63, 3.8) is 0 Å². The van der Waals surface area contributed by atoms with Crippen molar-refractivity contribution in [2.24, 2.45) is 5.92 Å². The number of thiazole rings is 1. The quantitative estimate of drug-likeness (QED) is 0.824. The van der Waals surface area contributed by atoms with Crippen LogP contribution in [-0.2, 0) is 16.6 Å². The SMILES string of the molecule is O=S(=O)(CC1CCNCC1)NCc1cscn1. The molecule has 17 heavy (non-hydrogen) atoms. The third kappa shape index (κ3) is 4.34. The minimum absolute atomic E-state index is 0.235. The van der Waals surface area contributed by atoms with Gasteiger partial charge in [-0.2, -0.15) is 0 Å². The molecular formula is C10H17N3O2S2. The molecule has 1 aliphatic heterocycles. The molecule has 2 heterocycles. The fourth-order valence-electron chi connectivity index (χ4n) is 1.93. The summed E-state index contributed by atoms with van der Waals surface area (Å²) >= 11 is 1.47. The van der Waals surface area contributed by atoms with Gasteiger partial charge >= 0.3 is 0 Å². The average Bonchev–Trinajstić information content (AvgIpc) is 2.80. The molecule has 0 saturated carbocycles. The first-order chi connectivity index (χ1) is 8.16. The van der Waals surface area contributed by atoms with Crippen molar-refractivity contribution in [3.8, 4) is 0 Å². The van der Waals surface area contributed by atoms with Crippen molar-refractivity contribution in [3.05, 3.63) is 16.6 Å². The van der Waals surface area contributed by atoms with Crippen molar-refractivity contribution >= 4 is 21.4 Å². The van der Waals surface area contributed by atoms with Crippen molar-refractivity contribution in [1.29, 1.82) is 0 Å². The van der Waals surface area contributed by atoms with Crippen LogP contribution < -0.4 is 10.0 Å². The monoisotopic (exact) mass is 275 g/mol. The Morgan fingerprint density at radius 3 is 2.88 bits per heavy atom. The smallest absolute Gasteiger partial charge is 0.212 e. The van der Waals surface area contributed by atoms with Crippen LogP contribution >= 0.6 is 11.3 Å². The van der Waals surface area contributed by atoms with Crippen LogP contribution in [0.25, 0.3) is 0 Å². The number of nitrogens with one attached hydrogen (secondary N) is 2. The molecule has 0 bridgehead atoms. The predicted octanol–water partition coefficient (Wildman–Crippen LogP) is 0.562. The molecule has 1 aliphatic rings. The van der Waals surface area contributed by atoms with Crippen LogP contribution in [0.3, 0.4) is 0 Å². The molecule has 0 aliphatic carbocycles. The molecule has 0 unspecified atom stereocenters. The molecule has 0 amide bonds. The lowest BCUT2D eigenvalue weighted by Crippen LogP contribution is -2.35.